The number of halogens is 1. The zero-order valence-electron chi connectivity index (χ0n) is 34.4. The van der Waals surface area contributed by atoms with Crippen LogP contribution in [0, 0.1) is 17.8 Å². The van der Waals surface area contributed by atoms with Gasteiger partial charge in [-0.25, -0.2) is 0 Å². The second-order valence-corrected chi connectivity index (χ2v) is 17.1. The summed E-state index contributed by atoms with van der Waals surface area (Å²) in [6, 6.07) is 29.3. The normalized spacial score (nSPS) is 28.8. The van der Waals surface area contributed by atoms with Crippen molar-refractivity contribution in [2.45, 2.75) is 127 Å². The second kappa shape index (κ2) is 20.3. The first-order valence-corrected chi connectivity index (χ1v) is 22.1. The van der Waals surface area contributed by atoms with Crippen molar-refractivity contribution in [3.8, 4) is 5.75 Å². The Labute approximate surface area is 345 Å². The zero-order chi connectivity index (χ0) is 39.7. The van der Waals surface area contributed by atoms with Gasteiger partial charge in [0.1, 0.15) is 11.4 Å². The van der Waals surface area contributed by atoms with Crippen LogP contribution < -0.4 is 4.74 Å². The number of hydrogen-bond acceptors (Lipinski definition) is 6. The summed E-state index contributed by atoms with van der Waals surface area (Å²) in [7, 11) is 3.52. The monoisotopic (exact) mass is 828 g/mol. The Morgan fingerprint density at radius 2 is 1.45 bits per heavy atom. The van der Waals surface area contributed by atoms with Crippen molar-refractivity contribution in [3.63, 3.8) is 0 Å². The van der Waals surface area contributed by atoms with Gasteiger partial charge in [0.2, 0.25) is 0 Å². The van der Waals surface area contributed by atoms with Crippen molar-refractivity contribution >= 4 is 15.9 Å². The molecule has 6 nitrogen and oxygen atoms in total. The van der Waals surface area contributed by atoms with E-state index in [0.717, 1.165) is 85.6 Å². The Morgan fingerprint density at radius 1 is 0.804 bits per heavy atom. The molecule has 304 valence electrons. The molecular formula is C49H65BrO6. The van der Waals surface area contributed by atoms with E-state index in [1.165, 1.54) is 11.1 Å². The molecule has 3 aromatic carbocycles. The lowest BCUT2D eigenvalue weighted by atomic mass is 9.80. The lowest BCUT2D eigenvalue weighted by molar-refractivity contribution is -0.0751. The van der Waals surface area contributed by atoms with Crippen LogP contribution in [0.1, 0.15) is 95.2 Å². The molecule has 56 heavy (non-hydrogen) atoms. The van der Waals surface area contributed by atoms with E-state index in [0.29, 0.717) is 18.4 Å². The Morgan fingerprint density at radius 3 is 2.05 bits per heavy atom. The van der Waals surface area contributed by atoms with E-state index >= 15 is 0 Å². The Balaban J connectivity index is 1.04. The van der Waals surface area contributed by atoms with Crippen molar-refractivity contribution < 1.29 is 28.4 Å². The van der Waals surface area contributed by atoms with Crippen LogP contribution in [0.4, 0.5) is 0 Å². The van der Waals surface area contributed by atoms with Gasteiger partial charge >= 0.3 is 0 Å². The first-order chi connectivity index (χ1) is 27.2. The molecular weight excluding hydrogens is 764 g/mol. The summed E-state index contributed by atoms with van der Waals surface area (Å²) in [5.41, 5.74) is 4.87. The molecule has 3 saturated heterocycles. The third-order valence-corrected chi connectivity index (χ3v) is 13.5. The molecule has 0 N–H and O–H groups in total. The van der Waals surface area contributed by atoms with Crippen LogP contribution in [-0.4, -0.2) is 68.9 Å². The van der Waals surface area contributed by atoms with Gasteiger partial charge in [-0.05, 0) is 96.8 Å². The number of hydrogen-bond donors (Lipinski definition) is 0. The summed E-state index contributed by atoms with van der Waals surface area (Å²) in [4.78, 5) is 0. The maximum atomic E-state index is 7.07. The van der Waals surface area contributed by atoms with Crippen LogP contribution in [0.25, 0.3) is 0 Å². The lowest BCUT2D eigenvalue weighted by Crippen LogP contribution is -2.38. The van der Waals surface area contributed by atoms with Gasteiger partial charge in [-0.2, -0.15) is 0 Å². The summed E-state index contributed by atoms with van der Waals surface area (Å²) < 4.78 is 38.9. The summed E-state index contributed by atoms with van der Waals surface area (Å²) in [5, 5.41) is 0.851. The third-order valence-electron chi connectivity index (χ3n) is 12.8. The van der Waals surface area contributed by atoms with Gasteiger partial charge in [-0.3, -0.25) is 0 Å². The fraction of sp³-hybridized carbons (Fsp3) is 0.551. The van der Waals surface area contributed by atoms with Crippen LogP contribution in [0.2, 0.25) is 0 Å². The van der Waals surface area contributed by atoms with Gasteiger partial charge < -0.3 is 28.4 Å². The number of ether oxygens (including phenoxy) is 6. The average molecular weight is 830 g/mol. The number of rotatable bonds is 19. The smallest absolute Gasteiger partial charge is 0.143 e. The molecule has 2 unspecified atom stereocenters. The molecule has 0 aliphatic carbocycles. The minimum absolute atomic E-state index is 0.0209. The molecule has 0 aromatic heterocycles. The van der Waals surface area contributed by atoms with Gasteiger partial charge in [0.05, 0.1) is 49.8 Å². The number of benzene rings is 3. The van der Waals surface area contributed by atoms with Crippen LogP contribution >= 0.6 is 15.9 Å². The summed E-state index contributed by atoms with van der Waals surface area (Å²) in [6.07, 6.45) is 9.09. The standard InChI is InChI=1S/C49H65BrO6/c1-8-33(2)28-47-48(52-7)43(32-50)46(56-47)31-45-36(5)34(3)29-42(55-45)25-26-44-35(4)30-41(54-44)20-15-27-53-49(37-16-11-9-12-17-37,38-18-13-10-14-19-38)39-21-23-40(51-6)24-22-39/h9-14,16-19,21-24,33-34,41-48H,4-5,8,15,20,25-32H2,1-3,6-7H3/t33-,34-,41+,42+,43+,44?,45?,46+,47-,48-/m1/s1. The molecule has 6 rings (SSSR count). The van der Waals surface area contributed by atoms with Crippen molar-refractivity contribution in [2.75, 3.05) is 26.2 Å². The fourth-order valence-corrected chi connectivity index (χ4v) is 10.1. The van der Waals surface area contributed by atoms with E-state index in [-0.39, 0.29) is 48.6 Å². The second-order valence-electron chi connectivity index (χ2n) is 16.5. The highest BCUT2D eigenvalue weighted by Crippen LogP contribution is 2.43. The summed E-state index contributed by atoms with van der Waals surface area (Å²) >= 11 is 3.79. The van der Waals surface area contributed by atoms with Crippen molar-refractivity contribution in [1.82, 2.24) is 0 Å². The third kappa shape index (κ3) is 9.90. The molecule has 7 heteroatoms. The van der Waals surface area contributed by atoms with Gasteiger partial charge in [0.15, 0.2) is 0 Å². The highest BCUT2D eigenvalue weighted by molar-refractivity contribution is 9.09. The minimum Gasteiger partial charge on any atom is -0.497 e. The van der Waals surface area contributed by atoms with Gasteiger partial charge in [0.25, 0.3) is 0 Å². The predicted molar refractivity (Wildman–Crippen MR) is 230 cm³/mol. The molecule has 0 radical (unpaired) electrons. The quantitative estimate of drug-likeness (QED) is 0.0519. The molecule has 3 fully saturated rings. The van der Waals surface area contributed by atoms with Gasteiger partial charge in [-0.15, -0.1) is 0 Å². The Hall–Kier alpha value is -2.78. The maximum absolute atomic E-state index is 7.07. The van der Waals surface area contributed by atoms with Crippen molar-refractivity contribution in [1.29, 1.82) is 0 Å². The fourth-order valence-electron chi connectivity index (χ4n) is 9.27. The van der Waals surface area contributed by atoms with Gasteiger partial charge in [0, 0.05) is 31.4 Å². The molecule has 3 aliphatic heterocycles. The van der Waals surface area contributed by atoms with E-state index in [2.05, 4.69) is 123 Å². The SMILES string of the molecule is C=C1C[C@H](CCCOC(c2ccccc2)(c2ccccc2)c2ccc(OC)cc2)OC1CC[C@H]1C[C@@H](C)C(=C)C(C[C@@H]2O[C@H](C[C@H](C)CC)[C@H](OC)[C@H]2CBr)O1. The lowest BCUT2D eigenvalue weighted by Gasteiger charge is -2.38. The highest BCUT2D eigenvalue weighted by Gasteiger charge is 2.46. The topological polar surface area (TPSA) is 55.4 Å². The zero-order valence-corrected chi connectivity index (χ0v) is 36.0. The van der Waals surface area contributed by atoms with Crippen molar-refractivity contribution in [2.24, 2.45) is 17.8 Å². The number of alkyl halides is 1. The molecule has 3 heterocycles. The van der Waals surface area contributed by atoms with Crippen LogP contribution in [-0.2, 0) is 29.3 Å². The average Bonchev–Trinajstić information content (AvgIpc) is 3.76. The van der Waals surface area contributed by atoms with E-state index in [1.807, 2.05) is 19.2 Å². The van der Waals surface area contributed by atoms with Crippen LogP contribution in [0.15, 0.2) is 109 Å². The van der Waals surface area contributed by atoms with E-state index in [9.17, 15) is 0 Å². The Kier molecular flexibility index (Phi) is 15.5. The molecule has 3 aromatic rings. The Bertz CT molecular complexity index is 1620. The molecule has 10 atom stereocenters. The summed E-state index contributed by atoms with van der Waals surface area (Å²) in [5.74, 6) is 2.10. The first kappa shape index (κ1) is 42.8. The van der Waals surface area contributed by atoms with Crippen LogP contribution in [0.5, 0.6) is 5.75 Å². The van der Waals surface area contributed by atoms with E-state index in [4.69, 9.17) is 28.4 Å². The molecule has 0 saturated carbocycles. The van der Waals surface area contributed by atoms with E-state index in [1.54, 1.807) is 7.11 Å². The maximum Gasteiger partial charge on any atom is 0.143 e. The molecule has 3 aliphatic rings. The van der Waals surface area contributed by atoms with Crippen molar-refractivity contribution in [3.05, 3.63) is 126 Å². The van der Waals surface area contributed by atoms with Gasteiger partial charge in [-0.1, -0.05) is 129 Å². The first-order valence-electron chi connectivity index (χ1n) is 21.0. The molecule has 0 amide bonds. The highest BCUT2D eigenvalue weighted by atomic mass is 79.9. The minimum atomic E-state index is -0.766. The molecule has 0 spiro atoms. The van der Waals surface area contributed by atoms with E-state index < -0.39 is 5.60 Å². The molecule has 0 bridgehead atoms. The number of methoxy groups -OCH3 is 2. The summed E-state index contributed by atoms with van der Waals surface area (Å²) in [6.45, 7) is 16.4. The predicted octanol–water partition coefficient (Wildman–Crippen LogP) is 11.2. The largest absolute Gasteiger partial charge is 0.497 e. The van der Waals surface area contributed by atoms with Crippen LogP contribution in [0.3, 0.4) is 0 Å².